The zero-order chi connectivity index (χ0) is 26.0. The predicted molar refractivity (Wildman–Crippen MR) is 139 cm³/mol. The summed E-state index contributed by atoms with van der Waals surface area (Å²) in [6.45, 7) is 6.08. The van der Waals surface area contributed by atoms with Gasteiger partial charge in [-0.15, -0.1) is 0 Å². The van der Waals surface area contributed by atoms with Crippen LogP contribution in [0.5, 0.6) is 0 Å². The number of rotatable bonds is 9. The van der Waals surface area contributed by atoms with Gasteiger partial charge in [-0.2, -0.15) is 4.31 Å². The first-order valence-corrected chi connectivity index (χ1v) is 13.6. The third-order valence-electron chi connectivity index (χ3n) is 5.98. The van der Waals surface area contributed by atoms with Crippen molar-refractivity contribution in [3.8, 4) is 0 Å². The summed E-state index contributed by atoms with van der Waals surface area (Å²) in [5, 5.41) is 11.5. The first kappa shape index (κ1) is 25.6. The molecule has 0 unspecified atom stereocenters. The van der Waals surface area contributed by atoms with Gasteiger partial charge in [0.05, 0.1) is 25.9 Å². The van der Waals surface area contributed by atoms with Crippen LogP contribution in [-0.4, -0.2) is 40.9 Å². The van der Waals surface area contributed by atoms with Gasteiger partial charge >= 0.3 is 0 Å². The van der Waals surface area contributed by atoms with Crippen LogP contribution in [0.1, 0.15) is 35.5 Å². The summed E-state index contributed by atoms with van der Waals surface area (Å²) < 4.78 is 28.8. The zero-order valence-electron chi connectivity index (χ0n) is 20.0. The van der Waals surface area contributed by atoms with Crippen molar-refractivity contribution < 1.29 is 18.1 Å². The smallest absolute Gasteiger partial charge is 0.283 e. The highest BCUT2D eigenvalue weighted by Gasteiger charge is 2.26. The number of carbonyl (C=O) groups excluding carboxylic acids is 1. The van der Waals surface area contributed by atoms with Crippen LogP contribution in [-0.2, 0) is 10.0 Å². The summed E-state index contributed by atoms with van der Waals surface area (Å²) in [7, 11) is -3.63. The molecule has 0 aliphatic heterocycles. The Bertz CT molecular complexity index is 1560. The molecule has 0 spiro atoms. The Morgan fingerprint density at radius 3 is 2.28 bits per heavy atom. The number of pyridine rings is 1. The fourth-order valence-electron chi connectivity index (χ4n) is 4.14. The molecule has 0 bridgehead atoms. The predicted octanol–water partition coefficient (Wildman–Crippen LogP) is 5.57. The van der Waals surface area contributed by atoms with Gasteiger partial charge < -0.3 is 4.40 Å². The van der Waals surface area contributed by atoms with Gasteiger partial charge in [-0.05, 0) is 55.0 Å². The number of ketones is 1. The Kier molecular flexibility index (Phi) is 7.30. The van der Waals surface area contributed by atoms with Gasteiger partial charge in [-0.25, -0.2) is 8.42 Å². The van der Waals surface area contributed by atoms with Gasteiger partial charge in [0.1, 0.15) is 0 Å². The van der Waals surface area contributed by atoms with Gasteiger partial charge in [0, 0.05) is 35.8 Å². The van der Waals surface area contributed by atoms with Crippen LogP contribution in [0.25, 0.3) is 5.52 Å². The Morgan fingerprint density at radius 1 is 1.00 bits per heavy atom. The molecule has 0 saturated heterocycles. The molecule has 8 nitrogen and oxygen atoms in total. The summed E-state index contributed by atoms with van der Waals surface area (Å²) in [6.07, 6.45) is 1.78. The third-order valence-corrected chi connectivity index (χ3v) is 9.33. The topological polar surface area (TPSA) is 102 Å². The highest BCUT2D eigenvalue weighted by Crippen LogP contribution is 2.41. The molecule has 0 aliphatic rings. The van der Waals surface area contributed by atoms with Gasteiger partial charge in [-0.3, -0.25) is 14.9 Å². The van der Waals surface area contributed by atoms with E-state index in [2.05, 4.69) is 0 Å². The number of benzene rings is 2. The zero-order valence-corrected chi connectivity index (χ0v) is 21.7. The van der Waals surface area contributed by atoms with E-state index in [1.807, 2.05) is 25.1 Å². The van der Waals surface area contributed by atoms with Crippen LogP contribution in [0.15, 0.2) is 87.6 Å². The van der Waals surface area contributed by atoms with Crippen LogP contribution in [0.2, 0.25) is 0 Å². The first-order chi connectivity index (χ1) is 17.2. The van der Waals surface area contributed by atoms with E-state index in [1.165, 1.54) is 46.4 Å². The van der Waals surface area contributed by atoms with Crippen LogP contribution in [0.4, 0.5) is 5.69 Å². The second-order valence-electron chi connectivity index (χ2n) is 8.03. The number of nitro benzene ring substituents is 1. The Hall–Kier alpha value is -3.47. The quantitative estimate of drug-likeness (QED) is 0.161. The average molecular weight is 524 g/mol. The fraction of sp³-hybridized carbons (Fsp3) is 0.192. The van der Waals surface area contributed by atoms with E-state index in [-0.39, 0.29) is 16.4 Å². The highest BCUT2D eigenvalue weighted by atomic mass is 32.2. The minimum atomic E-state index is -3.63. The maximum Gasteiger partial charge on any atom is 0.283 e. The summed E-state index contributed by atoms with van der Waals surface area (Å²) in [6, 6.07) is 18.0. The monoisotopic (exact) mass is 523 g/mol. The summed E-state index contributed by atoms with van der Waals surface area (Å²) >= 11 is 1.25. The number of nitrogens with zero attached hydrogens (tertiary/aromatic N) is 3. The molecule has 36 heavy (non-hydrogen) atoms. The molecule has 0 amide bonds. The van der Waals surface area contributed by atoms with E-state index in [0.717, 1.165) is 10.4 Å². The number of hydrogen-bond acceptors (Lipinski definition) is 6. The van der Waals surface area contributed by atoms with Crippen LogP contribution < -0.4 is 0 Å². The van der Waals surface area contributed by atoms with E-state index in [4.69, 9.17) is 0 Å². The number of fused-ring (bicyclic) bond motifs is 1. The number of para-hydroxylation sites is 1. The van der Waals surface area contributed by atoms with Gasteiger partial charge in [0.15, 0.2) is 0 Å². The van der Waals surface area contributed by atoms with Crippen molar-refractivity contribution in [2.75, 3.05) is 13.1 Å². The molecule has 2 aromatic carbocycles. The van der Waals surface area contributed by atoms with Crippen molar-refractivity contribution in [3.05, 3.63) is 99.9 Å². The lowest BCUT2D eigenvalue weighted by molar-refractivity contribution is -0.387. The second-order valence-corrected chi connectivity index (χ2v) is 11.0. The lowest BCUT2D eigenvalue weighted by Gasteiger charge is -2.18. The van der Waals surface area contributed by atoms with Gasteiger partial charge in [0.2, 0.25) is 15.8 Å². The minimum Gasteiger partial charge on any atom is -0.312 e. The second kappa shape index (κ2) is 10.3. The van der Waals surface area contributed by atoms with Crippen molar-refractivity contribution in [3.63, 3.8) is 0 Å². The third kappa shape index (κ3) is 4.55. The summed E-state index contributed by atoms with van der Waals surface area (Å²) in [5.41, 5.74) is 2.21. The lowest BCUT2D eigenvalue weighted by atomic mass is 10.1. The van der Waals surface area contributed by atoms with E-state index < -0.39 is 14.9 Å². The maximum absolute atomic E-state index is 13.6. The Morgan fingerprint density at radius 2 is 1.64 bits per heavy atom. The van der Waals surface area contributed by atoms with Crippen LogP contribution in [0, 0.1) is 17.0 Å². The SMILES string of the molecule is CCN(CC)S(=O)(=O)c1ccc(C(=O)c2c(C)c(Sc3ccccc3[N+](=O)[O-])c3ccccn23)cc1. The molecule has 0 aliphatic carbocycles. The molecule has 4 rings (SSSR count). The average Bonchev–Trinajstić information content (AvgIpc) is 3.15. The summed E-state index contributed by atoms with van der Waals surface area (Å²) in [5.74, 6) is -0.269. The lowest BCUT2D eigenvalue weighted by Crippen LogP contribution is -2.30. The largest absolute Gasteiger partial charge is 0.312 e. The number of sulfonamides is 1. The molecule has 186 valence electrons. The molecule has 0 N–H and O–H groups in total. The van der Waals surface area contributed by atoms with Crippen molar-refractivity contribution in [2.24, 2.45) is 0 Å². The molecule has 0 fully saturated rings. The molecular weight excluding hydrogens is 498 g/mol. The number of aromatic nitrogens is 1. The minimum absolute atomic E-state index is 0.00458. The van der Waals surface area contributed by atoms with Crippen molar-refractivity contribution >= 4 is 38.8 Å². The first-order valence-electron chi connectivity index (χ1n) is 11.4. The Labute approximate surface area is 213 Å². The van der Waals surface area contributed by atoms with E-state index in [1.54, 1.807) is 42.6 Å². The molecule has 0 radical (unpaired) electrons. The number of carbonyl (C=O) groups is 1. The van der Waals surface area contributed by atoms with Gasteiger partial charge in [-0.1, -0.05) is 43.8 Å². The van der Waals surface area contributed by atoms with Crippen molar-refractivity contribution in [1.82, 2.24) is 8.71 Å². The van der Waals surface area contributed by atoms with Crippen molar-refractivity contribution in [2.45, 2.75) is 35.5 Å². The number of nitro groups is 1. The molecule has 2 aromatic heterocycles. The molecule has 4 aromatic rings. The Balaban J connectivity index is 1.77. The van der Waals surface area contributed by atoms with E-state index in [9.17, 15) is 23.3 Å². The normalized spacial score (nSPS) is 11.8. The molecule has 0 saturated carbocycles. The van der Waals surface area contributed by atoms with E-state index in [0.29, 0.717) is 34.8 Å². The number of hydrogen-bond donors (Lipinski definition) is 0. The van der Waals surface area contributed by atoms with E-state index >= 15 is 0 Å². The van der Waals surface area contributed by atoms with Crippen molar-refractivity contribution in [1.29, 1.82) is 0 Å². The molecular formula is C26H25N3O5S2. The van der Waals surface area contributed by atoms with Crippen LogP contribution in [0.3, 0.4) is 0 Å². The van der Waals surface area contributed by atoms with Gasteiger partial charge in [0.25, 0.3) is 5.69 Å². The molecule has 0 atom stereocenters. The summed E-state index contributed by atoms with van der Waals surface area (Å²) in [4.78, 5) is 26.1. The maximum atomic E-state index is 13.6. The van der Waals surface area contributed by atoms with Crippen LogP contribution >= 0.6 is 11.8 Å². The standard InChI is InChI=1S/C26H25N3O5S2/c1-4-27(5-2)36(33,34)20-15-13-19(14-16-20)25(30)24-18(3)26(22-11-8-9-17-28(22)24)35-23-12-7-6-10-21(23)29(31)32/h6-17H,4-5H2,1-3H3. The molecule has 2 heterocycles. The molecule has 10 heteroatoms. The highest BCUT2D eigenvalue weighted by molar-refractivity contribution is 7.99. The fourth-order valence-corrected chi connectivity index (χ4v) is 6.74.